The van der Waals surface area contributed by atoms with Gasteiger partial charge in [-0.25, -0.2) is 0 Å². The zero-order chi connectivity index (χ0) is 15.3. The average Bonchev–Trinajstić information content (AvgIpc) is 2.49. The van der Waals surface area contributed by atoms with Gasteiger partial charge in [0.05, 0.1) is 0 Å². The van der Waals surface area contributed by atoms with E-state index in [4.69, 9.17) is 0 Å². The molecule has 0 aliphatic carbocycles. The van der Waals surface area contributed by atoms with Crippen molar-refractivity contribution in [2.45, 2.75) is 58.8 Å². The Bertz CT molecular complexity index is 449. The van der Waals surface area contributed by atoms with E-state index in [2.05, 4.69) is 50.4 Å². The molecule has 0 radical (unpaired) electrons. The van der Waals surface area contributed by atoms with Crippen LogP contribution in [0.25, 0.3) is 0 Å². The topological polar surface area (TPSA) is 29.1 Å². The number of nitrogens with one attached hydrogen (secondary N) is 1. The monoisotopic (exact) mass is 287 g/mol. The number of ketones is 1. The van der Waals surface area contributed by atoms with Gasteiger partial charge in [-0.1, -0.05) is 51.5 Å². The third kappa shape index (κ3) is 3.94. The van der Waals surface area contributed by atoms with E-state index < -0.39 is 0 Å². The summed E-state index contributed by atoms with van der Waals surface area (Å²) in [5, 5.41) is 3.43. The highest BCUT2D eigenvalue weighted by atomic mass is 16.1. The zero-order valence-electron chi connectivity index (χ0n) is 13.7. The molecule has 1 saturated heterocycles. The molecule has 0 saturated carbocycles. The molecule has 1 aromatic rings. The maximum absolute atomic E-state index is 12.9. The number of carbonyl (C=O) groups excluding carboxylic acids is 1. The maximum atomic E-state index is 12.9. The van der Waals surface area contributed by atoms with Gasteiger partial charge in [-0.3, -0.25) is 4.79 Å². The standard InChI is InChI=1S/C19H29NO/c1-4-10-19(11-5-12-20-14-19)18(21)13-16-6-8-17(9-7-16)15(2)3/h6-9,15,20H,4-5,10-14H2,1-3H3. The van der Waals surface area contributed by atoms with Crippen LogP contribution in [0.15, 0.2) is 24.3 Å². The zero-order valence-corrected chi connectivity index (χ0v) is 13.7. The number of rotatable bonds is 6. The Balaban J connectivity index is 2.07. The van der Waals surface area contributed by atoms with Gasteiger partial charge in [0, 0.05) is 18.4 Å². The third-order valence-electron chi connectivity index (χ3n) is 4.80. The summed E-state index contributed by atoms with van der Waals surface area (Å²) in [5.41, 5.74) is 2.38. The Morgan fingerprint density at radius 1 is 1.29 bits per heavy atom. The first-order valence-corrected chi connectivity index (χ1v) is 8.40. The highest BCUT2D eigenvalue weighted by Gasteiger charge is 2.37. The van der Waals surface area contributed by atoms with Gasteiger partial charge in [0.15, 0.2) is 0 Å². The van der Waals surface area contributed by atoms with E-state index in [1.54, 1.807) is 0 Å². The molecule has 1 atom stereocenters. The summed E-state index contributed by atoms with van der Waals surface area (Å²) in [6.45, 7) is 8.50. The molecule has 1 unspecified atom stereocenters. The summed E-state index contributed by atoms with van der Waals surface area (Å²) in [4.78, 5) is 12.9. The lowest BCUT2D eigenvalue weighted by molar-refractivity contribution is -0.129. The van der Waals surface area contributed by atoms with E-state index >= 15 is 0 Å². The maximum Gasteiger partial charge on any atom is 0.144 e. The minimum absolute atomic E-state index is 0.121. The van der Waals surface area contributed by atoms with E-state index in [1.165, 1.54) is 5.56 Å². The molecule has 0 spiro atoms. The first-order chi connectivity index (χ1) is 10.1. The molecule has 1 aliphatic rings. The summed E-state index contributed by atoms with van der Waals surface area (Å²) in [6.07, 6.45) is 4.86. The number of Topliss-reactive ketones (excluding diaryl/α,β-unsaturated/α-hetero) is 1. The van der Waals surface area contributed by atoms with Gasteiger partial charge < -0.3 is 5.32 Å². The Hall–Kier alpha value is -1.15. The average molecular weight is 287 g/mol. The fourth-order valence-electron chi connectivity index (χ4n) is 3.43. The quantitative estimate of drug-likeness (QED) is 0.853. The van der Waals surface area contributed by atoms with E-state index in [0.717, 1.165) is 44.3 Å². The van der Waals surface area contributed by atoms with Crippen molar-refractivity contribution in [1.29, 1.82) is 0 Å². The van der Waals surface area contributed by atoms with Crippen LogP contribution in [0.1, 0.15) is 63.5 Å². The SMILES string of the molecule is CCCC1(C(=O)Cc2ccc(C(C)C)cc2)CCCNC1. The van der Waals surface area contributed by atoms with Crippen LogP contribution in [0.2, 0.25) is 0 Å². The molecule has 0 aromatic heterocycles. The largest absolute Gasteiger partial charge is 0.316 e. The van der Waals surface area contributed by atoms with Crippen molar-refractivity contribution in [1.82, 2.24) is 5.32 Å². The number of hydrogen-bond acceptors (Lipinski definition) is 2. The van der Waals surface area contributed by atoms with E-state index in [-0.39, 0.29) is 5.41 Å². The number of benzene rings is 1. The molecule has 21 heavy (non-hydrogen) atoms. The first-order valence-electron chi connectivity index (χ1n) is 8.40. The lowest BCUT2D eigenvalue weighted by Gasteiger charge is -2.36. The van der Waals surface area contributed by atoms with Crippen molar-refractivity contribution in [3.63, 3.8) is 0 Å². The molecule has 2 heteroatoms. The Morgan fingerprint density at radius 3 is 2.52 bits per heavy atom. The van der Waals surface area contributed by atoms with Gasteiger partial charge in [0.25, 0.3) is 0 Å². The predicted molar refractivity (Wildman–Crippen MR) is 88.7 cm³/mol. The van der Waals surface area contributed by atoms with Gasteiger partial charge in [-0.05, 0) is 42.9 Å². The van der Waals surface area contributed by atoms with E-state index in [0.29, 0.717) is 18.1 Å². The number of hydrogen-bond donors (Lipinski definition) is 1. The van der Waals surface area contributed by atoms with Crippen LogP contribution in [0.5, 0.6) is 0 Å². The Labute approximate surface area is 129 Å². The first kappa shape index (κ1) is 16.2. The smallest absolute Gasteiger partial charge is 0.144 e. The summed E-state index contributed by atoms with van der Waals surface area (Å²) >= 11 is 0. The molecule has 1 heterocycles. The highest BCUT2D eigenvalue weighted by Crippen LogP contribution is 2.34. The van der Waals surface area contributed by atoms with Gasteiger partial charge in [-0.2, -0.15) is 0 Å². The van der Waals surface area contributed by atoms with E-state index in [1.807, 2.05) is 0 Å². The molecular weight excluding hydrogens is 258 g/mol. The minimum atomic E-state index is -0.121. The molecule has 1 aliphatic heterocycles. The van der Waals surface area contributed by atoms with Crippen LogP contribution in [0.4, 0.5) is 0 Å². The lowest BCUT2D eigenvalue weighted by Crippen LogP contribution is -2.46. The van der Waals surface area contributed by atoms with Crippen molar-refractivity contribution in [2.75, 3.05) is 13.1 Å². The summed E-state index contributed by atoms with van der Waals surface area (Å²) in [5.74, 6) is 0.970. The highest BCUT2D eigenvalue weighted by molar-refractivity contribution is 5.87. The van der Waals surface area contributed by atoms with Gasteiger partial charge >= 0.3 is 0 Å². The van der Waals surface area contributed by atoms with E-state index in [9.17, 15) is 4.79 Å². The van der Waals surface area contributed by atoms with Gasteiger partial charge in [-0.15, -0.1) is 0 Å². The number of carbonyl (C=O) groups is 1. The lowest BCUT2D eigenvalue weighted by atomic mass is 9.72. The second kappa shape index (κ2) is 7.22. The second-order valence-corrected chi connectivity index (χ2v) is 6.81. The summed E-state index contributed by atoms with van der Waals surface area (Å²) in [6, 6.07) is 8.59. The molecule has 1 fully saturated rings. The van der Waals surface area contributed by atoms with Crippen LogP contribution in [-0.2, 0) is 11.2 Å². The summed E-state index contributed by atoms with van der Waals surface area (Å²) in [7, 11) is 0. The Kier molecular flexibility index (Phi) is 5.58. The number of piperidine rings is 1. The van der Waals surface area contributed by atoms with Crippen molar-refractivity contribution < 1.29 is 4.79 Å². The fourth-order valence-corrected chi connectivity index (χ4v) is 3.43. The van der Waals surface area contributed by atoms with Crippen LogP contribution in [0.3, 0.4) is 0 Å². The molecular formula is C19H29NO. The normalized spacial score (nSPS) is 22.5. The molecule has 116 valence electrons. The fraction of sp³-hybridized carbons (Fsp3) is 0.632. The second-order valence-electron chi connectivity index (χ2n) is 6.81. The molecule has 2 nitrogen and oxygen atoms in total. The predicted octanol–water partition coefficient (Wildman–Crippen LogP) is 4.09. The molecule has 1 aromatic carbocycles. The third-order valence-corrected chi connectivity index (χ3v) is 4.80. The molecule has 0 bridgehead atoms. The summed E-state index contributed by atoms with van der Waals surface area (Å²) < 4.78 is 0. The van der Waals surface area contributed by atoms with Crippen molar-refractivity contribution in [3.8, 4) is 0 Å². The van der Waals surface area contributed by atoms with Crippen LogP contribution >= 0.6 is 0 Å². The molecule has 2 rings (SSSR count). The van der Waals surface area contributed by atoms with Crippen LogP contribution < -0.4 is 5.32 Å². The van der Waals surface area contributed by atoms with Crippen LogP contribution in [-0.4, -0.2) is 18.9 Å². The van der Waals surface area contributed by atoms with Crippen molar-refractivity contribution >= 4 is 5.78 Å². The van der Waals surface area contributed by atoms with Crippen LogP contribution in [0, 0.1) is 5.41 Å². The molecule has 0 amide bonds. The molecule has 1 N–H and O–H groups in total. The van der Waals surface area contributed by atoms with Crippen molar-refractivity contribution in [3.05, 3.63) is 35.4 Å². The van der Waals surface area contributed by atoms with Crippen molar-refractivity contribution in [2.24, 2.45) is 5.41 Å². The minimum Gasteiger partial charge on any atom is -0.316 e. The van der Waals surface area contributed by atoms with Gasteiger partial charge in [0.1, 0.15) is 5.78 Å². The Morgan fingerprint density at radius 2 is 2.00 bits per heavy atom. The van der Waals surface area contributed by atoms with Gasteiger partial charge in [0.2, 0.25) is 0 Å².